The molecule has 25 heavy (non-hydrogen) atoms. The maximum atomic E-state index is 14.2. The van der Waals surface area contributed by atoms with Crippen molar-refractivity contribution < 1.29 is 14.2 Å². The SMILES string of the molecule is COc1ccc2ncc(F)c(CCN3CCC(C)C(O)C3)c2n1.Cl.Cl. The highest BCUT2D eigenvalue weighted by Gasteiger charge is 2.24. The molecule has 2 aromatic rings. The van der Waals surface area contributed by atoms with Crippen LogP contribution >= 0.6 is 24.8 Å². The number of nitrogens with zero attached hydrogens (tertiary/aromatic N) is 3. The van der Waals surface area contributed by atoms with Crippen LogP contribution in [-0.4, -0.2) is 52.8 Å². The number of hydrogen-bond acceptors (Lipinski definition) is 5. The van der Waals surface area contributed by atoms with Gasteiger partial charge in [-0.2, -0.15) is 0 Å². The Morgan fingerprint density at radius 2 is 2.12 bits per heavy atom. The Balaban J connectivity index is 0.00000156. The summed E-state index contributed by atoms with van der Waals surface area (Å²) in [7, 11) is 1.54. The number of aliphatic hydroxyl groups excluding tert-OH is 1. The minimum absolute atomic E-state index is 0. The Kier molecular flexibility index (Phi) is 8.28. The van der Waals surface area contributed by atoms with Crippen molar-refractivity contribution in [1.82, 2.24) is 14.9 Å². The summed E-state index contributed by atoms with van der Waals surface area (Å²) in [6.45, 7) is 4.33. The molecule has 0 radical (unpaired) electrons. The van der Waals surface area contributed by atoms with Crippen LogP contribution in [0.1, 0.15) is 18.9 Å². The van der Waals surface area contributed by atoms with Gasteiger partial charge in [0.05, 0.1) is 30.4 Å². The molecular formula is C17H24Cl2FN3O2. The van der Waals surface area contributed by atoms with Crippen LogP contribution in [0.4, 0.5) is 4.39 Å². The molecule has 2 atom stereocenters. The number of hydrogen-bond donors (Lipinski definition) is 1. The van der Waals surface area contributed by atoms with Crippen LogP contribution in [-0.2, 0) is 6.42 Å². The molecule has 1 fully saturated rings. The molecule has 140 valence electrons. The van der Waals surface area contributed by atoms with E-state index in [0.29, 0.717) is 47.9 Å². The fraction of sp³-hybridized carbons (Fsp3) is 0.529. The fourth-order valence-electron chi connectivity index (χ4n) is 3.02. The number of rotatable bonds is 4. The molecule has 1 saturated heterocycles. The van der Waals surface area contributed by atoms with Gasteiger partial charge in [0.1, 0.15) is 5.82 Å². The fourth-order valence-corrected chi connectivity index (χ4v) is 3.02. The average Bonchev–Trinajstić information content (AvgIpc) is 2.56. The number of aromatic nitrogens is 2. The Labute approximate surface area is 159 Å². The average molecular weight is 392 g/mol. The molecular weight excluding hydrogens is 368 g/mol. The van der Waals surface area contributed by atoms with Gasteiger partial charge < -0.3 is 14.7 Å². The number of methoxy groups -OCH3 is 1. The van der Waals surface area contributed by atoms with Crippen LogP contribution in [0.3, 0.4) is 0 Å². The first-order valence-corrected chi connectivity index (χ1v) is 7.97. The molecule has 2 unspecified atom stereocenters. The largest absolute Gasteiger partial charge is 0.481 e. The zero-order valence-corrected chi connectivity index (χ0v) is 15.9. The molecule has 1 N–H and O–H groups in total. The topological polar surface area (TPSA) is 58.5 Å². The Bertz CT molecular complexity index is 705. The van der Waals surface area contributed by atoms with Gasteiger partial charge in [0.15, 0.2) is 0 Å². The number of piperidine rings is 1. The number of ether oxygens (including phenoxy) is 1. The summed E-state index contributed by atoms with van der Waals surface area (Å²) in [5.41, 5.74) is 1.77. The Morgan fingerprint density at radius 3 is 2.80 bits per heavy atom. The second-order valence-corrected chi connectivity index (χ2v) is 6.19. The monoisotopic (exact) mass is 391 g/mol. The van der Waals surface area contributed by atoms with E-state index < -0.39 is 0 Å². The molecule has 2 aromatic heterocycles. The Hall–Kier alpha value is -1.21. The van der Waals surface area contributed by atoms with Crippen molar-refractivity contribution >= 4 is 35.8 Å². The second-order valence-electron chi connectivity index (χ2n) is 6.19. The van der Waals surface area contributed by atoms with E-state index in [9.17, 15) is 9.50 Å². The normalized spacial score (nSPS) is 20.6. The summed E-state index contributed by atoms with van der Waals surface area (Å²) < 4.78 is 19.4. The van der Waals surface area contributed by atoms with Gasteiger partial charge in [-0.1, -0.05) is 6.92 Å². The summed E-state index contributed by atoms with van der Waals surface area (Å²) in [6, 6.07) is 3.51. The van der Waals surface area contributed by atoms with E-state index in [1.165, 1.54) is 13.3 Å². The quantitative estimate of drug-likeness (QED) is 0.867. The van der Waals surface area contributed by atoms with Crippen molar-refractivity contribution in [3.63, 3.8) is 0 Å². The van der Waals surface area contributed by atoms with Crippen molar-refractivity contribution in [3.8, 4) is 5.88 Å². The van der Waals surface area contributed by atoms with E-state index in [1.54, 1.807) is 12.1 Å². The summed E-state index contributed by atoms with van der Waals surface area (Å²) >= 11 is 0. The molecule has 1 aliphatic heterocycles. The van der Waals surface area contributed by atoms with Crippen molar-refractivity contribution in [2.75, 3.05) is 26.7 Å². The number of fused-ring (bicyclic) bond motifs is 1. The first kappa shape index (κ1) is 21.8. The van der Waals surface area contributed by atoms with Crippen LogP contribution in [0.2, 0.25) is 0 Å². The zero-order valence-electron chi connectivity index (χ0n) is 14.3. The molecule has 3 heterocycles. The van der Waals surface area contributed by atoms with Gasteiger partial charge >= 0.3 is 0 Å². The van der Waals surface area contributed by atoms with Crippen LogP contribution in [0.15, 0.2) is 18.3 Å². The van der Waals surface area contributed by atoms with Crippen molar-refractivity contribution in [2.24, 2.45) is 5.92 Å². The lowest BCUT2D eigenvalue weighted by atomic mass is 9.96. The van der Waals surface area contributed by atoms with E-state index in [0.717, 1.165) is 13.0 Å². The van der Waals surface area contributed by atoms with Crippen molar-refractivity contribution in [1.29, 1.82) is 0 Å². The smallest absolute Gasteiger partial charge is 0.213 e. The third kappa shape index (κ3) is 4.91. The van der Waals surface area contributed by atoms with Gasteiger partial charge in [0.25, 0.3) is 0 Å². The number of halogens is 3. The van der Waals surface area contributed by atoms with Gasteiger partial charge in [0.2, 0.25) is 5.88 Å². The van der Waals surface area contributed by atoms with Crippen molar-refractivity contribution in [2.45, 2.75) is 25.9 Å². The third-order valence-corrected chi connectivity index (χ3v) is 4.63. The van der Waals surface area contributed by atoms with Gasteiger partial charge in [0, 0.05) is 24.7 Å². The molecule has 8 heteroatoms. The number of pyridine rings is 2. The minimum Gasteiger partial charge on any atom is -0.481 e. The molecule has 3 rings (SSSR count). The van der Waals surface area contributed by atoms with Crippen LogP contribution in [0, 0.1) is 11.7 Å². The van der Waals surface area contributed by atoms with E-state index in [-0.39, 0.29) is 36.7 Å². The first-order chi connectivity index (χ1) is 11.1. The van der Waals surface area contributed by atoms with Gasteiger partial charge in [-0.05, 0) is 31.4 Å². The maximum absolute atomic E-state index is 14.2. The highest BCUT2D eigenvalue weighted by atomic mass is 35.5. The van der Waals surface area contributed by atoms with E-state index in [2.05, 4.69) is 21.8 Å². The van der Waals surface area contributed by atoms with E-state index in [1.807, 2.05) is 0 Å². The van der Waals surface area contributed by atoms with Gasteiger partial charge in [-0.15, -0.1) is 24.8 Å². The third-order valence-electron chi connectivity index (χ3n) is 4.63. The number of β-amino-alcohol motifs (C(OH)–C–C–N with tert-alkyl or cyclic N) is 1. The summed E-state index contributed by atoms with van der Waals surface area (Å²) in [5.74, 6) is 0.438. The van der Waals surface area contributed by atoms with Gasteiger partial charge in [-0.25, -0.2) is 9.37 Å². The summed E-state index contributed by atoms with van der Waals surface area (Å²) in [4.78, 5) is 10.6. The van der Waals surface area contributed by atoms with Crippen LogP contribution < -0.4 is 4.74 Å². The predicted molar refractivity (Wildman–Crippen MR) is 100 cm³/mol. The number of likely N-dealkylation sites (tertiary alicyclic amines) is 1. The molecule has 0 aromatic carbocycles. The molecule has 0 spiro atoms. The van der Waals surface area contributed by atoms with E-state index in [4.69, 9.17) is 4.74 Å². The maximum Gasteiger partial charge on any atom is 0.213 e. The van der Waals surface area contributed by atoms with Crippen LogP contribution in [0.25, 0.3) is 11.0 Å². The lowest BCUT2D eigenvalue weighted by molar-refractivity contribution is 0.0297. The minimum atomic E-state index is -0.343. The summed E-state index contributed by atoms with van der Waals surface area (Å²) in [6.07, 6.45) is 2.44. The van der Waals surface area contributed by atoms with Crippen LogP contribution in [0.5, 0.6) is 5.88 Å². The first-order valence-electron chi connectivity index (χ1n) is 7.97. The van der Waals surface area contributed by atoms with Crippen molar-refractivity contribution in [3.05, 3.63) is 29.7 Å². The molecule has 0 aliphatic carbocycles. The summed E-state index contributed by atoms with van der Waals surface area (Å²) in [5, 5.41) is 9.99. The highest BCUT2D eigenvalue weighted by molar-refractivity contribution is 5.85. The molecule has 0 saturated carbocycles. The number of aliphatic hydroxyl groups is 1. The predicted octanol–water partition coefficient (Wildman–Crippen LogP) is 2.87. The lowest BCUT2D eigenvalue weighted by Gasteiger charge is -2.34. The van der Waals surface area contributed by atoms with Gasteiger partial charge in [-0.3, -0.25) is 4.98 Å². The highest BCUT2D eigenvalue weighted by Crippen LogP contribution is 2.23. The van der Waals surface area contributed by atoms with E-state index >= 15 is 0 Å². The lowest BCUT2D eigenvalue weighted by Crippen LogP contribution is -2.43. The molecule has 1 aliphatic rings. The molecule has 0 amide bonds. The standard InChI is InChI=1S/C17H22FN3O2.2ClH/c1-11-5-7-21(10-15(11)22)8-6-12-13(18)9-19-14-3-4-16(23-2)20-17(12)14;;/h3-4,9,11,15,22H,5-8,10H2,1-2H3;2*1H. The molecule has 5 nitrogen and oxygen atoms in total. The zero-order chi connectivity index (χ0) is 16.4. The Morgan fingerprint density at radius 1 is 1.36 bits per heavy atom. The molecule has 0 bridgehead atoms. The second kappa shape index (κ2) is 9.48.